The average molecular weight is 317 g/mol. The lowest BCUT2D eigenvalue weighted by atomic mass is 9.91. The zero-order valence-corrected chi connectivity index (χ0v) is 12.0. The maximum atomic E-state index is 13.9. The monoisotopic (exact) mass is 316 g/mol. The van der Waals surface area contributed by atoms with Crippen LogP contribution in [0.1, 0.15) is 11.1 Å². The molecule has 20 heavy (non-hydrogen) atoms. The van der Waals surface area contributed by atoms with E-state index >= 15 is 0 Å². The summed E-state index contributed by atoms with van der Waals surface area (Å²) in [4.78, 5) is 3.70. The molecule has 1 aromatic carbocycles. The smallest absolute Gasteiger partial charge is 0.150 e. The van der Waals surface area contributed by atoms with Crippen molar-refractivity contribution >= 4 is 24.0 Å². The van der Waals surface area contributed by atoms with Crippen molar-refractivity contribution in [3.05, 3.63) is 52.3 Å². The van der Waals surface area contributed by atoms with Crippen molar-refractivity contribution in [1.29, 1.82) is 0 Å². The van der Waals surface area contributed by atoms with Gasteiger partial charge in [-0.3, -0.25) is 4.98 Å². The highest BCUT2D eigenvalue weighted by Gasteiger charge is 2.21. The second-order valence-electron chi connectivity index (χ2n) is 4.46. The van der Waals surface area contributed by atoms with E-state index in [2.05, 4.69) is 10.3 Å². The van der Waals surface area contributed by atoms with E-state index in [1.54, 1.807) is 6.07 Å². The normalized spacial score (nSPS) is 13.6. The molecule has 0 spiro atoms. The molecular formula is C14H12Cl2F2N2. The van der Waals surface area contributed by atoms with E-state index in [9.17, 15) is 8.78 Å². The van der Waals surface area contributed by atoms with Crippen molar-refractivity contribution in [1.82, 2.24) is 10.3 Å². The van der Waals surface area contributed by atoms with Crippen LogP contribution in [0.3, 0.4) is 0 Å². The van der Waals surface area contributed by atoms with Crippen LogP contribution in [0.2, 0.25) is 5.02 Å². The van der Waals surface area contributed by atoms with Gasteiger partial charge in [0.2, 0.25) is 0 Å². The molecule has 0 saturated carbocycles. The predicted octanol–water partition coefficient (Wildman–Crippen LogP) is 3.75. The molecular weight excluding hydrogens is 305 g/mol. The summed E-state index contributed by atoms with van der Waals surface area (Å²) >= 11 is 6.03. The summed E-state index contributed by atoms with van der Waals surface area (Å²) < 4.78 is 27.7. The van der Waals surface area contributed by atoms with Crippen LogP contribution in [-0.2, 0) is 13.0 Å². The summed E-state index contributed by atoms with van der Waals surface area (Å²) in [6.07, 6.45) is 3.11. The molecule has 0 aliphatic carbocycles. The van der Waals surface area contributed by atoms with Crippen molar-refractivity contribution in [3.8, 4) is 11.1 Å². The molecule has 0 atom stereocenters. The van der Waals surface area contributed by atoms with Crippen molar-refractivity contribution < 1.29 is 8.78 Å². The maximum absolute atomic E-state index is 13.9. The number of nitrogens with zero attached hydrogens (tertiary/aromatic N) is 1. The first kappa shape index (κ1) is 15.2. The van der Waals surface area contributed by atoms with Gasteiger partial charge in [0.15, 0.2) is 5.82 Å². The molecule has 1 N–H and O–H groups in total. The van der Waals surface area contributed by atoms with Crippen molar-refractivity contribution in [2.45, 2.75) is 13.0 Å². The number of rotatable bonds is 1. The van der Waals surface area contributed by atoms with Crippen LogP contribution >= 0.6 is 24.0 Å². The Kier molecular flexibility index (Phi) is 4.58. The van der Waals surface area contributed by atoms with Gasteiger partial charge >= 0.3 is 0 Å². The number of hydrogen-bond donors (Lipinski definition) is 1. The van der Waals surface area contributed by atoms with E-state index in [1.165, 1.54) is 12.3 Å². The topological polar surface area (TPSA) is 24.9 Å². The molecule has 0 saturated heterocycles. The molecule has 6 heteroatoms. The lowest BCUT2D eigenvalue weighted by molar-refractivity contribution is 0.569. The predicted molar refractivity (Wildman–Crippen MR) is 77.3 cm³/mol. The number of benzene rings is 1. The molecule has 106 valence electrons. The van der Waals surface area contributed by atoms with Gasteiger partial charge in [0.1, 0.15) is 5.82 Å². The summed E-state index contributed by atoms with van der Waals surface area (Å²) in [6, 6.07) is 2.95. The maximum Gasteiger partial charge on any atom is 0.150 e. The minimum absolute atomic E-state index is 0. The summed E-state index contributed by atoms with van der Waals surface area (Å²) in [5.74, 6) is -0.738. The number of nitrogens with one attached hydrogen (secondary N) is 1. The second-order valence-corrected chi connectivity index (χ2v) is 4.86. The van der Waals surface area contributed by atoms with Crippen molar-refractivity contribution in [3.63, 3.8) is 0 Å². The third-order valence-electron chi connectivity index (χ3n) is 3.35. The SMILES string of the molecule is Cl.Fc1ccc(-c2c(F)cncc2Cl)c2c1CCNC2. The number of fused-ring (bicyclic) bond motifs is 1. The molecule has 2 nitrogen and oxygen atoms in total. The van der Waals surface area contributed by atoms with Gasteiger partial charge in [0, 0.05) is 18.3 Å². The minimum Gasteiger partial charge on any atom is -0.312 e. The molecule has 0 fully saturated rings. The summed E-state index contributed by atoms with van der Waals surface area (Å²) in [6.45, 7) is 1.24. The molecule has 0 unspecified atom stereocenters. The standard InChI is InChI=1S/C14H11ClF2N2.ClH/c15-11-6-19-7-13(17)14(11)9-1-2-12(16)8-3-4-18-5-10(8)9;/h1-2,6-7,18H,3-5H2;1H. The molecule has 2 heterocycles. The Labute approximate surface area is 126 Å². The highest BCUT2D eigenvalue weighted by Crippen LogP contribution is 2.35. The fourth-order valence-corrected chi connectivity index (χ4v) is 2.71. The first-order chi connectivity index (χ1) is 9.18. The van der Waals surface area contributed by atoms with Crippen LogP contribution in [0.15, 0.2) is 24.5 Å². The number of pyridine rings is 1. The quantitative estimate of drug-likeness (QED) is 0.866. The van der Waals surface area contributed by atoms with Crippen LogP contribution < -0.4 is 5.32 Å². The van der Waals surface area contributed by atoms with Gasteiger partial charge in [-0.1, -0.05) is 17.7 Å². The largest absolute Gasteiger partial charge is 0.312 e. The van der Waals surface area contributed by atoms with E-state index in [4.69, 9.17) is 11.6 Å². The van der Waals surface area contributed by atoms with E-state index < -0.39 is 5.82 Å². The Morgan fingerprint density at radius 3 is 2.65 bits per heavy atom. The number of hydrogen-bond acceptors (Lipinski definition) is 2. The first-order valence-corrected chi connectivity index (χ1v) is 6.36. The summed E-state index contributed by atoms with van der Waals surface area (Å²) in [5.41, 5.74) is 2.34. The molecule has 0 bridgehead atoms. The molecule has 1 aliphatic rings. The third-order valence-corrected chi connectivity index (χ3v) is 3.64. The molecule has 2 aromatic rings. The van der Waals surface area contributed by atoms with E-state index in [0.717, 1.165) is 18.3 Å². The summed E-state index contributed by atoms with van der Waals surface area (Å²) in [5, 5.41) is 3.40. The third kappa shape index (κ3) is 2.51. The Balaban J connectivity index is 0.00000147. The van der Waals surface area contributed by atoms with Gasteiger partial charge in [0.25, 0.3) is 0 Å². The van der Waals surface area contributed by atoms with Crippen molar-refractivity contribution in [2.24, 2.45) is 0 Å². The zero-order valence-electron chi connectivity index (χ0n) is 10.4. The Morgan fingerprint density at radius 2 is 1.90 bits per heavy atom. The van der Waals surface area contributed by atoms with Crippen LogP contribution in [0.5, 0.6) is 0 Å². The lowest BCUT2D eigenvalue weighted by Crippen LogP contribution is -2.25. The second kappa shape index (κ2) is 6.04. The molecule has 1 aliphatic heterocycles. The van der Waals surface area contributed by atoms with Gasteiger partial charge in [-0.05, 0) is 35.7 Å². The van der Waals surface area contributed by atoms with Gasteiger partial charge in [-0.25, -0.2) is 8.78 Å². The Hall–Kier alpha value is -1.23. The number of aromatic nitrogens is 1. The van der Waals surface area contributed by atoms with E-state index in [1.807, 2.05) is 0 Å². The Morgan fingerprint density at radius 1 is 1.10 bits per heavy atom. The van der Waals surface area contributed by atoms with Gasteiger partial charge < -0.3 is 5.32 Å². The molecule has 3 rings (SSSR count). The first-order valence-electron chi connectivity index (χ1n) is 5.99. The van der Waals surface area contributed by atoms with Gasteiger partial charge in [0.05, 0.1) is 11.2 Å². The van der Waals surface area contributed by atoms with Gasteiger partial charge in [-0.15, -0.1) is 12.4 Å². The van der Waals surface area contributed by atoms with Crippen LogP contribution in [0.25, 0.3) is 11.1 Å². The fraction of sp³-hybridized carbons (Fsp3) is 0.214. The van der Waals surface area contributed by atoms with E-state index in [-0.39, 0.29) is 28.8 Å². The minimum atomic E-state index is -0.494. The van der Waals surface area contributed by atoms with Gasteiger partial charge in [-0.2, -0.15) is 0 Å². The number of halogens is 4. The Bertz CT molecular complexity index is 627. The fourth-order valence-electron chi connectivity index (χ4n) is 2.47. The molecule has 1 aromatic heterocycles. The van der Waals surface area contributed by atoms with Crippen LogP contribution in [-0.4, -0.2) is 11.5 Å². The van der Waals surface area contributed by atoms with Crippen molar-refractivity contribution in [2.75, 3.05) is 6.54 Å². The van der Waals surface area contributed by atoms with Crippen LogP contribution in [0.4, 0.5) is 8.78 Å². The zero-order chi connectivity index (χ0) is 13.4. The lowest BCUT2D eigenvalue weighted by Gasteiger charge is -2.21. The summed E-state index contributed by atoms with van der Waals surface area (Å²) in [7, 11) is 0. The van der Waals surface area contributed by atoms with E-state index in [0.29, 0.717) is 24.1 Å². The highest BCUT2D eigenvalue weighted by atomic mass is 35.5. The average Bonchev–Trinajstić information content (AvgIpc) is 2.41. The van der Waals surface area contributed by atoms with Crippen LogP contribution in [0, 0.1) is 11.6 Å². The molecule has 0 radical (unpaired) electrons. The highest BCUT2D eigenvalue weighted by molar-refractivity contribution is 6.33. The molecule has 0 amide bonds.